The van der Waals surface area contributed by atoms with Crippen LogP contribution in [0.25, 0.3) is 5.69 Å². The molecule has 0 saturated carbocycles. The Morgan fingerprint density at radius 3 is 1.46 bits per heavy atom. The van der Waals surface area contributed by atoms with Gasteiger partial charge in [-0.25, -0.2) is 29.2 Å². The predicted molar refractivity (Wildman–Crippen MR) is 236 cm³/mol. The number of carbonyl (C=O) groups is 4. The van der Waals surface area contributed by atoms with E-state index >= 15 is 0 Å². The molecule has 0 amide bonds. The average Bonchev–Trinajstić information content (AvgIpc) is 3.72. The minimum Gasteiger partial charge on any atom is -0.459 e. The molecule has 2 heterocycles. The molecule has 12 nitrogen and oxygen atoms in total. The molecule has 1 fully saturated rings. The highest BCUT2D eigenvalue weighted by Crippen LogP contribution is 2.32. The number of rotatable bonds is 12. The largest absolute Gasteiger partial charge is 0.459 e. The van der Waals surface area contributed by atoms with Gasteiger partial charge in [0.2, 0.25) is 9.60 Å². The van der Waals surface area contributed by atoms with E-state index in [1.165, 1.54) is 20.7 Å². The van der Waals surface area contributed by atoms with Crippen LogP contribution in [0, 0.1) is 6.92 Å². The van der Waals surface area contributed by atoms with Crippen molar-refractivity contribution in [2.24, 2.45) is 9.98 Å². The molecule has 0 N–H and O–H groups in total. The summed E-state index contributed by atoms with van der Waals surface area (Å²) in [7, 11) is 2.64. The molecule has 0 radical (unpaired) electrons. The first-order valence-electron chi connectivity index (χ1n) is 19.9. The Balaban J connectivity index is 1.30. The van der Waals surface area contributed by atoms with Crippen LogP contribution in [0.1, 0.15) is 47.0 Å². The zero-order chi connectivity index (χ0) is 43.5. The summed E-state index contributed by atoms with van der Waals surface area (Å²) in [5, 5.41) is 0. The quantitative estimate of drug-likeness (QED) is 0.0673. The van der Waals surface area contributed by atoms with Crippen LogP contribution in [0.4, 0.5) is 5.69 Å². The molecule has 63 heavy (non-hydrogen) atoms. The molecule has 5 atom stereocenters. The third kappa shape index (κ3) is 10.4. The summed E-state index contributed by atoms with van der Waals surface area (Å²) < 4.78 is 33.1. The Bertz CT molecular complexity index is 2800. The minimum atomic E-state index is -1.56. The second kappa shape index (κ2) is 20.1. The smallest absolute Gasteiger partial charge is 0.338 e. The summed E-state index contributed by atoms with van der Waals surface area (Å²) in [5.74, 6) is -3.06. The Labute approximate surface area is 369 Å². The van der Waals surface area contributed by atoms with Crippen LogP contribution < -0.4 is 9.60 Å². The van der Waals surface area contributed by atoms with Gasteiger partial charge in [0.1, 0.15) is 12.7 Å². The van der Waals surface area contributed by atoms with Crippen LogP contribution in [-0.4, -0.2) is 65.7 Å². The molecule has 0 bridgehead atoms. The van der Waals surface area contributed by atoms with Gasteiger partial charge in [0.15, 0.2) is 24.5 Å². The first-order valence-corrected chi connectivity index (χ1v) is 22.0. The van der Waals surface area contributed by atoms with Crippen LogP contribution in [0.2, 0.25) is 0 Å². The van der Waals surface area contributed by atoms with Gasteiger partial charge in [-0.05, 0) is 100 Å². The Hall–Kier alpha value is -7.26. The van der Waals surface area contributed by atoms with E-state index in [4.69, 9.17) is 33.7 Å². The second-order valence-corrected chi connectivity index (χ2v) is 16.3. The zero-order valence-electron chi connectivity index (χ0n) is 33.7. The highest BCUT2D eigenvalue weighted by molar-refractivity contribution is 7.67. The van der Waals surface area contributed by atoms with Crippen molar-refractivity contribution >= 4 is 50.2 Å². The first kappa shape index (κ1) is 42.4. The van der Waals surface area contributed by atoms with Crippen molar-refractivity contribution in [3.8, 4) is 5.69 Å². The number of carbonyl (C=O) groups excluding carboxylic acids is 4. The van der Waals surface area contributed by atoms with Crippen molar-refractivity contribution in [2.75, 3.05) is 6.61 Å². The molecule has 0 spiro atoms. The van der Waals surface area contributed by atoms with E-state index in [1.54, 1.807) is 121 Å². The number of hydrogen-bond donors (Lipinski definition) is 0. The van der Waals surface area contributed by atoms with Gasteiger partial charge in [-0.3, -0.25) is 4.57 Å². The third-order valence-corrected chi connectivity index (χ3v) is 11.9. The highest BCUT2D eigenvalue weighted by atomic mass is 32.9. The van der Waals surface area contributed by atoms with E-state index in [1.807, 2.05) is 66.1 Å². The van der Waals surface area contributed by atoms with Crippen LogP contribution in [0.5, 0.6) is 0 Å². The van der Waals surface area contributed by atoms with Crippen molar-refractivity contribution in [2.45, 2.75) is 37.6 Å². The Morgan fingerprint density at radius 2 is 0.952 bits per heavy atom. The second-order valence-electron chi connectivity index (χ2n) is 14.2. The number of aryl methyl sites for hydroxylation is 1. The predicted octanol–water partition coefficient (Wildman–Crippen LogP) is 8.30. The van der Waals surface area contributed by atoms with Crippen molar-refractivity contribution in [3.63, 3.8) is 0 Å². The van der Waals surface area contributed by atoms with Crippen molar-refractivity contribution < 1.29 is 42.9 Å². The fraction of sp³-hybridized carbons (Fsp3) is 0.143. The summed E-state index contributed by atoms with van der Waals surface area (Å²) in [4.78, 5) is 66.6. The number of benzene rings is 6. The van der Waals surface area contributed by atoms with E-state index in [-0.39, 0.29) is 22.3 Å². The van der Waals surface area contributed by atoms with Gasteiger partial charge in [0, 0.05) is 0 Å². The van der Waals surface area contributed by atoms with Gasteiger partial charge in [0.05, 0.1) is 33.6 Å². The van der Waals surface area contributed by atoms with E-state index in [0.29, 0.717) is 15.3 Å². The minimum absolute atomic E-state index is 0.176. The van der Waals surface area contributed by atoms with Gasteiger partial charge >= 0.3 is 23.9 Å². The maximum atomic E-state index is 14.1. The van der Waals surface area contributed by atoms with Crippen molar-refractivity contribution in [1.29, 1.82) is 0 Å². The molecule has 0 aliphatic carbocycles. The van der Waals surface area contributed by atoms with Gasteiger partial charge < -0.3 is 23.7 Å². The maximum absolute atomic E-state index is 14.1. The molecule has 0 unspecified atom stereocenters. The molecule has 316 valence electrons. The van der Waals surface area contributed by atoms with Gasteiger partial charge in [-0.1, -0.05) is 109 Å². The normalized spacial score (nSPS) is 18.8. The number of hydrogen-bond acceptors (Lipinski definition) is 13. The molecule has 14 heteroatoms. The number of nitrogens with zero attached hydrogens (tertiary/aromatic N) is 3. The zero-order valence-corrected chi connectivity index (χ0v) is 35.3. The first-order chi connectivity index (χ1) is 30.8. The molecule has 1 aromatic heterocycles. The number of esters is 4. The van der Waals surface area contributed by atoms with Crippen molar-refractivity contribution in [3.05, 3.63) is 213 Å². The summed E-state index contributed by atoms with van der Waals surface area (Å²) >= 11 is 0. The lowest BCUT2D eigenvalue weighted by Crippen LogP contribution is -2.62. The van der Waals surface area contributed by atoms with E-state index < -0.39 is 61.1 Å². The molecule has 1 aliphatic heterocycles. The topological polar surface area (TPSA) is 144 Å². The molecule has 1 aliphatic rings. The lowest BCUT2D eigenvalue weighted by molar-refractivity contribution is -0.227. The third-order valence-electron chi connectivity index (χ3n) is 9.84. The fourth-order valence-electron chi connectivity index (χ4n) is 6.66. The summed E-state index contributed by atoms with van der Waals surface area (Å²) in [6.07, 6.45) is -7.36. The average molecular weight is 878 g/mol. The summed E-state index contributed by atoms with van der Waals surface area (Å²) in [6, 6.07) is 50.3. The molecular formula is C49H39N3O9S2. The van der Waals surface area contributed by atoms with Gasteiger partial charge in [-0.2, -0.15) is 0 Å². The van der Waals surface area contributed by atoms with Gasteiger partial charge in [-0.15, -0.1) is 0 Å². The molecule has 1 saturated heterocycles. The van der Waals surface area contributed by atoms with Crippen LogP contribution >= 0.6 is 20.7 Å². The maximum Gasteiger partial charge on any atom is 0.338 e. The Kier molecular flexibility index (Phi) is 13.5. The molecule has 6 aromatic carbocycles. The SMILES string of the molecule is Cc1ccc(-n2c(=Nc3ccccc3)ss/c2=N\[C@@H]2O[C@H](COC(=O)c3ccccc3)[C@@H](OC(=O)c3ccccc3)[C@H](OC(=O)c3ccccc3)[C@H]2OC(=O)c2ccccc2)cc1. The fourth-order valence-corrected chi connectivity index (χ4v) is 8.83. The Morgan fingerprint density at radius 1 is 0.524 bits per heavy atom. The van der Waals surface area contributed by atoms with Gasteiger partial charge in [0.25, 0.3) is 0 Å². The lowest BCUT2D eigenvalue weighted by Gasteiger charge is -2.43. The number of aromatic nitrogens is 1. The van der Waals surface area contributed by atoms with Crippen molar-refractivity contribution in [1.82, 2.24) is 4.57 Å². The monoisotopic (exact) mass is 877 g/mol. The standard InChI is InChI=1S/C49H39N3O9S2/c1-32-27-29-38(30-28-32)52-48(50-37-25-15-6-16-26-37)62-63-49(52)51-43-42(61-47(56)36-23-13-5-14-24-36)41(60-46(55)35-21-11-4-12-22-35)40(59-45(54)34-19-9-3-10-20-34)39(58-43)31-57-44(53)33-17-7-2-8-18-33/h2-30,39-43H,31H2,1H3/b50-48?,51-49-/t39-,40-,41+,42-,43-/m1/s1. The van der Waals surface area contributed by atoms with Crippen LogP contribution in [0.3, 0.4) is 0 Å². The summed E-state index contributed by atoms with van der Waals surface area (Å²) in [5.41, 5.74) is 3.29. The van der Waals surface area contributed by atoms with E-state index in [9.17, 15) is 19.2 Å². The van der Waals surface area contributed by atoms with E-state index in [0.717, 1.165) is 11.3 Å². The highest BCUT2D eigenvalue weighted by Gasteiger charge is 2.53. The number of para-hydroxylation sites is 1. The van der Waals surface area contributed by atoms with E-state index in [2.05, 4.69) is 0 Å². The number of ether oxygens (including phenoxy) is 5. The van der Waals surface area contributed by atoms with Crippen LogP contribution in [-0.2, 0) is 23.7 Å². The molecule has 8 rings (SSSR count). The lowest BCUT2D eigenvalue weighted by atomic mass is 9.97. The van der Waals surface area contributed by atoms with Crippen LogP contribution in [0.15, 0.2) is 186 Å². The molecule has 7 aromatic rings. The summed E-state index contributed by atoms with van der Waals surface area (Å²) in [6.45, 7) is 1.50. The molecular weight excluding hydrogens is 839 g/mol.